The number of halogens is 1. The van der Waals surface area contributed by atoms with Crippen LogP contribution in [0, 0.1) is 0 Å². The van der Waals surface area contributed by atoms with E-state index in [1.807, 2.05) is 12.1 Å². The first-order valence-corrected chi connectivity index (χ1v) is 7.46. The van der Waals surface area contributed by atoms with Crippen LogP contribution < -0.4 is 5.32 Å². The van der Waals surface area contributed by atoms with Gasteiger partial charge >= 0.3 is 0 Å². The highest BCUT2D eigenvalue weighted by molar-refractivity contribution is 9.10. The fraction of sp³-hybridized carbons (Fsp3) is 0.0588. The van der Waals surface area contributed by atoms with Crippen molar-refractivity contribution in [3.8, 4) is 0 Å². The van der Waals surface area contributed by atoms with E-state index in [0.717, 1.165) is 22.4 Å². The van der Waals surface area contributed by atoms with E-state index in [9.17, 15) is 0 Å². The van der Waals surface area contributed by atoms with Crippen LogP contribution in [0.1, 0.15) is 11.1 Å². The lowest BCUT2D eigenvalue weighted by Gasteiger charge is -2.12. The van der Waals surface area contributed by atoms with Gasteiger partial charge in [-0.05, 0) is 39.5 Å². The van der Waals surface area contributed by atoms with Gasteiger partial charge in [0.25, 0.3) is 0 Å². The number of nitrogens with zero attached hydrogens (tertiary/aromatic N) is 2. The summed E-state index contributed by atoms with van der Waals surface area (Å²) < 4.78 is 0.847. The largest absolute Gasteiger partial charge is 0.339 e. The zero-order valence-electron chi connectivity index (χ0n) is 11.3. The lowest BCUT2D eigenvalue weighted by molar-refractivity contribution is 1.14. The maximum atomic E-state index is 4.25. The standard InChI is InChI=1S/C17H14BrN3/c18-15-11-19-12-20-17(15)21-16-9-5-4-8-14(16)10-13-6-2-1-3-7-13/h1-9,11-12H,10H2,(H,19,20,21). The monoisotopic (exact) mass is 339 g/mol. The molecule has 0 bridgehead atoms. The van der Waals surface area contributed by atoms with Crippen molar-refractivity contribution in [1.29, 1.82) is 0 Å². The number of benzene rings is 2. The van der Waals surface area contributed by atoms with Gasteiger partial charge in [0, 0.05) is 11.9 Å². The van der Waals surface area contributed by atoms with Crippen LogP contribution in [0.2, 0.25) is 0 Å². The SMILES string of the molecule is Brc1cncnc1Nc1ccccc1Cc1ccccc1. The van der Waals surface area contributed by atoms with Gasteiger partial charge in [-0.15, -0.1) is 0 Å². The maximum absolute atomic E-state index is 4.25. The zero-order chi connectivity index (χ0) is 14.5. The highest BCUT2D eigenvalue weighted by atomic mass is 79.9. The van der Waals surface area contributed by atoms with E-state index in [2.05, 4.69) is 73.7 Å². The van der Waals surface area contributed by atoms with Crippen LogP contribution in [0.15, 0.2) is 71.6 Å². The van der Waals surface area contributed by atoms with Crippen LogP contribution in [0.3, 0.4) is 0 Å². The number of hydrogen-bond donors (Lipinski definition) is 1. The molecule has 1 aromatic heterocycles. The first-order chi connectivity index (χ1) is 10.3. The van der Waals surface area contributed by atoms with Crippen LogP contribution >= 0.6 is 15.9 Å². The van der Waals surface area contributed by atoms with Gasteiger partial charge in [0.2, 0.25) is 0 Å². The molecule has 0 radical (unpaired) electrons. The van der Waals surface area contributed by atoms with Crippen LogP contribution in [0.5, 0.6) is 0 Å². The predicted molar refractivity (Wildman–Crippen MR) is 88.7 cm³/mol. The van der Waals surface area contributed by atoms with Crippen molar-refractivity contribution < 1.29 is 0 Å². The Balaban J connectivity index is 1.88. The lowest BCUT2D eigenvalue weighted by Crippen LogP contribution is -1.99. The summed E-state index contributed by atoms with van der Waals surface area (Å²) in [6, 6.07) is 18.7. The molecule has 0 unspecified atom stereocenters. The third kappa shape index (κ3) is 3.47. The van der Waals surface area contributed by atoms with Gasteiger partial charge in [0.05, 0.1) is 4.47 Å². The molecule has 3 aromatic rings. The fourth-order valence-electron chi connectivity index (χ4n) is 2.14. The molecule has 0 saturated heterocycles. The molecule has 0 fully saturated rings. The maximum Gasteiger partial charge on any atom is 0.148 e. The molecule has 2 aromatic carbocycles. The number of rotatable bonds is 4. The molecule has 4 heteroatoms. The minimum Gasteiger partial charge on any atom is -0.339 e. The van der Waals surface area contributed by atoms with Gasteiger partial charge in [-0.2, -0.15) is 0 Å². The molecule has 21 heavy (non-hydrogen) atoms. The number of nitrogens with one attached hydrogen (secondary N) is 1. The molecule has 0 atom stereocenters. The summed E-state index contributed by atoms with van der Waals surface area (Å²) >= 11 is 3.46. The van der Waals surface area contributed by atoms with Gasteiger partial charge in [-0.1, -0.05) is 48.5 Å². The molecular formula is C17H14BrN3. The third-order valence-corrected chi connectivity index (χ3v) is 3.76. The Bertz CT molecular complexity index is 729. The quantitative estimate of drug-likeness (QED) is 0.756. The van der Waals surface area contributed by atoms with Crippen LogP contribution in [0.4, 0.5) is 11.5 Å². The number of anilines is 2. The Morgan fingerprint density at radius 2 is 1.71 bits per heavy atom. The normalized spacial score (nSPS) is 10.3. The topological polar surface area (TPSA) is 37.8 Å². The molecular weight excluding hydrogens is 326 g/mol. The van der Waals surface area contributed by atoms with Crippen molar-refractivity contribution in [1.82, 2.24) is 9.97 Å². The number of aromatic nitrogens is 2. The smallest absolute Gasteiger partial charge is 0.148 e. The summed E-state index contributed by atoms with van der Waals surface area (Å²) in [5.74, 6) is 0.769. The summed E-state index contributed by atoms with van der Waals surface area (Å²) in [6.07, 6.45) is 4.15. The van der Waals surface area contributed by atoms with Crippen molar-refractivity contribution in [2.45, 2.75) is 6.42 Å². The van der Waals surface area contributed by atoms with Gasteiger partial charge in [-0.3, -0.25) is 0 Å². The lowest BCUT2D eigenvalue weighted by atomic mass is 10.0. The Morgan fingerprint density at radius 3 is 2.52 bits per heavy atom. The zero-order valence-corrected chi connectivity index (χ0v) is 12.9. The first kappa shape index (κ1) is 13.8. The summed E-state index contributed by atoms with van der Waals surface area (Å²) in [6.45, 7) is 0. The van der Waals surface area contributed by atoms with Crippen LogP contribution in [-0.4, -0.2) is 9.97 Å². The summed E-state index contributed by atoms with van der Waals surface area (Å²) in [5, 5.41) is 3.36. The van der Waals surface area contributed by atoms with Crippen LogP contribution in [-0.2, 0) is 6.42 Å². The van der Waals surface area contributed by atoms with Crippen LogP contribution in [0.25, 0.3) is 0 Å². The van der Waals surface area contributed by atoms with Gasteiger partial charge in [0.1, 0.15) is 12.1 Å². The Hall–Kier alpha value is -2.20. The molecule has 1 heterocycles. The second kappa shape index (κ2) is 6.50. The molecule has 0 saturated carbocycles. The fourth-order valence-corrected chi connectivity index (χ4v) is 2.46. The van der Waals surface area contributed by atoms with Crippen molar-refractivity contribution >= 4 is 27.4 Å². The van der Waals surface area contributed by atoms with Crippen molar-refractivity contribution in [3.63, 3.8) is 0 Å². The highest BCUT2D eigenvalue weighted by Gasteiger charge is 2.06. The van der Waals surface area contributed by atoms with Crippen molar-refractivity contribution in [2.75, 3.05) is 5.32 Å². The Kier molecular flexibility index (Phi) is 4.26. The van der Waals surface area contributed by atoms with E-state index in [0.29, 0.717) is 0 Å². The minimum absolute atomic E-state index is 0.769. The van der Waals surface area contributed by atoms with E-state index in [1.54, 1.807) is 6.20 Å². The average molecular weight is 340 g/mol. The second-order valence-electron chi connectivity index (χ2n) is 4.66. The number of hydrogen-bond acceptors (Lipinski definition) is 3. The molecule has 0 aliphatic rings. The molecule has 3 rings (SSSR count). The van der Waals surface area contributed by atoms with E-state index in [-0.39, 0.29) is 0 Å². The molecule has 0 aliphatic carbocycles. The Labute approximate surface area is 132 Å². The molecule has 0 aliphatic heterocycles. The second-order valence-corrected chi connectivity index (χ2v) is 5.52. The van der Waals surface area contributed by atoms with E-state index < -0.39 is 0 Å². The first-order valence-electron chi connectivity index (χ1n) is 6.67. The summed E-state index contributed by atoms with van der Waals surface area (Å²) in [7, 11) is 0. The summed E-state index contributed by atoms with van der Waals surface area (Å²) in [5.41, 5.74) is 3.57. The van der Waals surface area contributed by atoms with Gasteiger partial charge < -0.3 is 5.32 Å². The van der Waals surface area contributed by atoms with Gasteiger partial charge in [-0.25, -0.2) is 9.97 Å². The molecule has 0 amide bonds. The van der Waals surface area contributed by atoms with Crippen molar-refractivity contribution in [3.05, 3.63) is 82.7 Å². The molecule has 1 N–H and O–H groups in total. The molecule has 104 valence electrons. The Morgan fingerprint density at radius 1 is 0.952 bits per heavy atom. The van der Waals surface area contributed by atoms with E-state index >= 15 is 0 Å². The third-order valence-electron chi connectivity index (χ3n) is 3.18. The number of para-hydroxylation sites is 1. The summed E-state index contributed by atoms with van der Waals surface area (Å²) in [4.78, 5) is 8.23. The van der Waals surface area contributed by atoms with E-state index in [4.69, 9.17) is 0 Å². The van der Waals surface area contributed by atoms with E-state index in [1.165, 1.54) is 17.5 Å². The highest BCUT2D eigenvalue weighted by Crippen LogP contribution is 2.26. The van der Waals surface area contributed by atoms with Gasteiger partial charge in [0.15, 0.2) is 0 Å². The average Bonchev–Trinajstić information content (AvgIpc) is 2.52. The molecule has 3 nitrogen and oxygen atoms in total. The molecule has 0 spiro atoms. The van der Waals surface area contributed by atoms with Crippen molar-refractivity contribution in [2.24, 2.45) is 0 Å². The minimum atomic E-state index is 0.769. The predicted octanol–water partition coefficient (Wildman–Crippen LogP) is 4.57.